The van der Waals surface area contributed by atoms with E-state index in [1.54, 1.807) is 12.3 Å². The Morgan fingerprint density at radius 3 is 2.84 bits per heavy atom. The van der Waals surface area contributed by atoms with Crippen molar-refractivity contribution in [3.8, 4) is 0 Å². The minimum Gasteiger partial charge on any atom is -0.472 e. The van der Waals surface area contributed by atoms with E-state index in [1.165, 1.54) is 12.7 Å². The van der Waals surface area contributed by atoms with Crippen molar-refractivity contribution in [2.45, 2.75) is 59.0 Å². The van der Waals surface area contributed by atoms with Crippen molar-refractivity contribution >= 4 is 5.97 Å². The zero-order valence-electron chi connectivity index (χ0n) is 15.7. The second-order valence-electron chi connectivity index (χ2n) is 8.42. The van der Waals surface area contributed by atoms with Crippen molar-refractivity contribution in [1.82, 2.24) is 0 Å². The molecule has 4 heteroatoms. The van der Waals surface area contributed by atoms with Crippen LogP contribution in [0.2, 0.25) is 0 Å². The molecule has 1 heterocycles. The molecule has 5 atom stereocenters. The number of carbonyl (C=O) groups excluding carboxylic acids is 1. The van der Waals surface area contributed by atoms with E-state index in [1.807, 2.05) is 12.3 Å². The van der Waals surface area contributed by atoms with Crippen LogP contribution in [0.4, 0.5) is 0 Å². The summed E-state index contributed by atoms with van der Waals surface area (Å²) in [7, 11) is 1.42. The lowest BCUT2D eigenvalue weighted by Gasteiger charge is -2.58. The van der Waals surface area contributed by atoms with E-state index >= 15 is 0 Å². The number of hydrogen-bond donors (Lipinski definition) is 1. The first-order chi connectivity index (χ1) is 11.8. The third-order valence-electron chi connectivity index (χ3n) is 7.18. The Morgan fingerprint density at radius 1 is 1.44 bits per heavy atom. The molecule has 1 aromatic rings. The summed E-state index contributed by atoms with van der Waals surface area (Å²) in [5, 5.41) is 10.4. The standard InChI is InChI=1S/C21H30O4/c1-14-5-8-21(3)17(19(23)24-4)11-16(22)12-18(21)20(14,2)9-6-15-7-10-25-13-15/h7,10-11,13-14,16,18,22H,5-6,8-9,12H2,1-4H3/t14-,16-,18-,20+,21-/m0/s1. The molecule has 0 radical (unpaired) electrons. The topological polar surface area (TPSA) is 59.7 Å². The summed E-state index contributed by atoms with van der Waals surface area (Å²) in [6.45, 7) is 6.85. The second-order valence-corrected chi connectivity index (χ2v) is 8.42. The average Bonchev–Trinajstić information content (AvgIpc) is 3.11. The maximum Gasteiger partial charge on any atom is 0.334 e. The molecule has 1 N–H and O–H groups in total. The molecule has 25 heavy (non-hydrogen) atoms. The van der Waals surface area contributed by atoms with Crippen molar-refractivity contribution in [2.24, 2.45) is 22.7 Å². The highest BCUT2D eigenvalue weighted by atomic mass is 16.5. The van der Waals surface area contributed by atoms with Gasteiger partial charge in [-0.1, -0.05) is 20.8 Å². The minimum atomic E-state index is -0.578. The quantitative estimate of drug-likeness (QED) is 0.833. The molecule has 0 aromatic carbocycles. The Morgan fingerprint density at radius 2 is 2.20 bits per heavy atom. The van der Waals surface area contributed by atoms with Crippen molar-refractivity contribution in [3.63, 3.8) is 0 Å². The Balaban J connectivity index is 1.93. The number of esters is 1. The molecule has 0 amide bonds. The molecule has 2 aliphatic rings. The number of methoxy groups -OCH3 is 1. The van der Waals surface area contributed by atoms with E-state index in [4.69, 9.17) is 9.15 Å². The van der Waals surface area contributed by atoms with Gasteiger partial charge in [0.1, 0.15) is 0 Å². The van der Waals surface area contributed by atoms with Crippen LogP contribution in [0.15, 0.2) is 34.7 Å². The number of carbonyl (C=O) groups is 1. The number of aliphatic hydroxyl groups is 1. The zero-order valence-corrected chi connectivity index (χ0v) is 15.7. The highest BCUT2D eigenvalue weighted by Gasteiger charge is 2.56. The van der Waals surface area contributed by atoms with Gasteiger partial charge in [-0.3, -0.25) is 0 Å². The summed E-state index contributed by atoms with van der Waals surface area (Å²) in [6, 6.07) is 2.02. The van der Waals surface area contributed by atoms with Crippen molar-refractivity contribution in [2.75, 3.05) is 7.11 Å². The molecule has 138 valence electrons. The molecule has 2 aliphatic carbocycles. The van der Waals surface area contributed by atoms with Gasteiger partial charge < -0.3 is 14.3 Å². The number of ether oxygens (including phenoxy) is 1. The lowest BCUT2D eigenvalue weighted by atomic mass is 9.46. The third kappa shape index (κ3) is 3.05. The second kappa shape index (κ2) is 6.64. The fourth-order valence-corrected chi connectivity index (χ4v) is 5.32. The highest BCUT2D eigenvalue weighted by Crippen LogP contribution is 2.61. The van der Waals surface area contributed by atoms with Crippen LogP contribution < -0.4 is 0 Å². The summed E-state index contributed by atoms with van der Waals surface area (Å²) < 4.78 is 10.2. The van der Waals surface area contributed by atoms with Crippen LogP contribution in [0.5, 0.6) is 0 Å². The number of fused-ring (bicyclic) bond motifs is 1. The maximum absolute atomic E-state index is 12.4. The molecule has 0 aliphatic heterocycles. The Labute approximate surface area is 150 Å². The first-order valence-electron chi connectivity index (χ1n) is 9.31. The largest absolute Gasteiger partial charge is 0.472 e. The van der Waals surface area contributed by atoms with E-state index in [-0.39, 0.29) is 22.7 Å². The third-order valence-corrected chi connectivity index (χ3v) is 7.18. The normalized spacial score (nSPS) is 38.0. The summed E-state index contributed by atoms with van der Waals surface area (Å²) >= 11 is 0. The molecule has 0 saturated heterocycles. The fraction of sp³-hybridized carbons (Fsp3) is 0.667. The van der Waals surface area contributed by atoms with Gasteiger partial charge in [0.05, 0.1) is 25.7 Å². The van der Waals surface area contributed by atoms with Gasteiger partial charge in [0.25, 0.3) is 0 Å². The molecule has 1 saturated carbocycles. The molecule has 0 unspecified atom stereocenters. The molecule has 0 bridgehead atoms. The molecular formula is C21H30O4. The number of aliphatic hydroxyl groups excluding tert-OH is 1. The minimum absolute atomic E-state index is 0.0543. The SMILES string of the molecule is COC(=O)C1=C[C@H](O)C[C@H]2[C@](C)(CCc3ccoc3)[C@@H](C)CC[C@@]12C. The van der Waals surface area contributed by atoms with E-state index in [2.05, 4.69) is 20.8 Å². The summed E-state index contributed by atoms with van der Waals surface area (Å²) in [5.74, 6) is 0.504. The predicted octanol–water partition coefficient (Wildman–Crippen LogP) is 4.13. The van der Waals surface area contributed by atoms with E-state index < -0.39 is 6.10 Å². The number of furan rings is 1. The van der Waals surface area contributed by atoms with Gasteiger partial charge in [0.15, 0.2) is 0 Å². The van der Waals surface area contributed by atoms with Crippen LogP contribution in [0.3, 0.4) is 0 Å². The number of aryl methyl sites for hydroxylation is 1. The highest BCUT2D eigenvalue weighted by molar-refractivity contribution is 5.90. The zero-order chi connectivity index (χ0) is 18.2. The van der Waals surface area contributed by atoms with Crippen molar-refractivity contribution < 1.29 is 19.1 Å². The molecule has 1 aromatic heterocycles. The smallest absolute Gasteiger partial charge is 0.334 e. The van der Waals surface area contributed by atoms with Crippen LogP contribution in [0.25, 0.3) is 0 Å². The van der Waals surface area contributed by atoms with Gasteiger partial charge >= 0.3 is 5.97 Å². The summed E-state index contributed by atoms with van der Waals surface area (Å²) in [5.41, 5.74) is 1.70. The van der Waals surface area contributed by atoms with Gasteiger partial charge in [0, 0.05) is 11.0 Å². The fourth-order valence-electron chi connectivity index (χ4n) is 5.32. The molecule has 0 spiro atoms. The first kappa shape index (κ1) is 18.2. The van der Waals surface area contributed by atoms with Crippen LogP contribution in [-0.2, 0) is 16.0 Å². The van der Waals surface area contributed by atoms with E-state index in [9.17, 15) is 9.90 Å². The van der Waals surface area contributed by atoms with Crippen molar-refractivity contribution in [3.05, 3.63) is 35.8 Å². The molecular weight excluding hydrogens is 316 g/mol. The summed E-state index contributed by atoms with van der Waals surface area (Å²) in [4.78, 5) is 12.4. The lowest BCUT2D eigenvalue weighted by Crippen LogP contribution is -2.53. The number of hydrogen-bond acceptors (Lipinski definition) is 4. The molecule has 1 fully saturated rings. The summed E-state index contributed by atoms with van der Waals surface area (Å²) in [6.07, 6.45) is 9.42. The van der Waals surface area contributed by atoms with E-state index in [0.29, 0.717) is 17.9 Å². The monoisotopic (exact) mass is 346 g/mol. The van der Waals surface area contributed by atoms with Gasteiger partial charge in [-0.15, -0.1) is 0 Å². The van der Waals surface area contributed by atoms with Crippen molar-refractivity contribution in [1.29, 1.82) is 0 Å². The molecule has 4 nitrogen and oxygen atoms in total. The van der Waals surface area contributed by atoms with Crippen LogP contribution in [-0.4, -0.2) is 24.3 Å². The Hall–Kier alpha value is -1.55. The van der Waals surface area contributed by atoms with Gasteiger partial charge in [-0.2, -0.15) is 0 Å². The van der Waals surface area contributed by atoms with Gasteiger partial charge in [0.2, 0.25) is 0 Å². The number of rotatable bonds is 4. The van der Waals surface area contributed by atoms with Crippen LogP contribution >= 0.6 is 0 Å². The van der Waals surface area contributed by atoms with Crippen LogP contribution in [0.1, 0.15) is 52.0 Å². The molecule has 3 rings (SSSR count). The van der Waals surface area contributed by atoms with E-state index in [0.717, 1.165) is 25.7 Å². The first-order valence-corrected chi connectivity index (χ1v) is 9.31. The lowest BCUT2D eigenvalue weighted by molar-refractivity contribution is -0.141. The van der Waals surface area contributed by atoms with Crippen LogP contribution in [0, 0.1) is 22.7 Å². The predicted molar refractivity (Wildman–Crippen MR) is 95.9 cm³/mol. The Kier molecular flexibility index (Phi) is 4.84. The Bertz CT molecular complexity index is 647. The van der Waals surface area contributed by atoms with Gasteiger partial charge in [-0.05, 0) is 67.1 Å². The maximum atomic E-state index is 12.4. The van der Waals surface area contributed by atoms with Gasteiger partial charge in [-0.25, -0.2) is 4.79 Å². The average molecular weight is 346 g/mol.